The number of pyridine rings is 1. The van der Waals surface area contributed by atoms with E-state index in [9.17, 15) is 14.4 Å². The van der Waals surface area contributed by atoms with Crippen LogP contribution in [0.5, 0.6) is 0 Å². The summed E-state index contributed by atoms with van der Waals surface area (Å²) in [7, 11) is 0. The van der Waals surface area contributed by atoms with Gasteiger partial charge in [0.1, 0.15) is 12.4 Å². The zero-order chi connectivity index (χ0) is 20.4. The van der Waals surface area contributed by atoms with Crippen molar-refractivity contribution in [1.82, 2.24) is 4.98 Å². The number of carbonyl (C=O) groups is 3. The minimum absolute atomic E-state index is 0.00102. The maximum atomic E-state index is 12.7. The van der Waals surface area contributed by atoms with Crippen LogP contribution in [-0.2, 0) is 25.7 Å². The van der Waals surface area contributed by atoms with Crippen molar-refractivity contribution in [2.24, 2.45) is 0 Å². The number of hydrogen-bond acceptors (Lipinski definition) is 6. The molecule has 1 heterocycles. The number of fused-ring (bicyclic) bond motifs is 1. The molecule has 7 heteroatoms. The van der Waals surface area contributed by atoms with Crippen LogP contribution in [0.15, 0.2) is 39.9 Å². The summed E-state index contributed by atoms with van der Waals surface area (Å²) in [6, 6.07) is 6.92. The molecular weight excluding hydrogens is 424 g/mol. The molecule has 1 aliphatic rings. The summed E-state index contributed by atoms with van der Waals surface area (Å²) in [5, 5.41) is 4.04. The van der Waals surface area contributed by atoms with E-state index in [1.165, 1.54) is 6.92 Å². The van der Waals surface area contributed by atoms with Crippen molar-refractivity contribution in [1.29, 1.82) is 0 Å². The third-order valence-corrected chi connectivity index (χ3v) is 5.43. The summed E-state index contributed by atoms with van der Waals surface area (Å²) in [6.07, 6.45) is 0.718. The van der Waals surface area contributed by atoms with Crippen molar-refractivity contribution in [2.75, 3.05) is 5.32 Å². The second-order valence-corrected chi connectivity index (χ2v) is 7.80. The predicted molar refractivity (Wildman–Crippen MR) is 110 cm³/mol. The lowest BCUT2D eigenvalue weighted by atomic mass is 10.0. The summed E-state index contributed by atoms with van der Waals surface area (Å²) in [6.45, 7) is 4.85. The molecule has 0 saturated carbocycles. The van der Waals surface area contributed by atoms with Crippen LogP contribution in [-0.4, -0.2) is 28.6 Å². The van der Waals surface area contributed by atoms with Crippen LogP contribution in [0.3, 0.4) is 0 Å². The maximum absolute atomic E-state index is 12.7. The number of aromatic nitrogens is 1. The molecule has 1 atom stereocenters. The molecule has 0 spiro atoms. The molecule has 0 fully saturated rings. The minimum Gasteiger partial charge on any atom is -0.461 e. The zero-order valence-corrected chi connectivity index (χ0v) is 17.6. The third kappa shape index (κ3) is 4.30. The van der Waals surface area contributed by atoms with Crippen LogP contribution in [0.1, 0.15) is 39.2 Å². The largest absolute Gasteiger partial charge is 0.461 e. The summed E-state index contributed by atoms with van der Waals surface area (Å²) in [4.78, 5) is 40.7. The molecule has 1 aromatic carbocycles. The van der Waals surface area contributed by atoms with Gasteiger partial charge in [-0.1, -0.05) is 22.0 Å². The maximum Gasteiger partial charge on any atom is 0.302 e. The van der Waals surface area contributed by atoms with Gasteiger partial charge in [-0.3, -0.25) is 14.4 Å². The fraction of sp³-hybridized carbons (Fsp3) is 0.333. The lowest BCUT2D eigenvalue weighted by Gasteiger charge is -2.18. The van der Waals surface area contributed by atoms with Gasteiger partial charge >= 0.3 is 5.97 Å². The normalized spacial score (nSPS) is 17.6. The van der Waals surface area contributed by atoms with E-state index in [-0.39, 0.29) is 24.1 Å². The van der Waals surface area contributed by atoms with Gasteiger partial charge in [-0.2, -0.15) is 0 Å². The van der Waals surface area contributed by atoms with Crippen LogP contribution in [0.25, 0.3) is 10.9 Å². The molecule has 0 amide bonds. The van der Waals surface area contributed by atoms with Gasteiger partial charge in [-0.15, -0.1) is 0 Å². The molecule has 1 unspecified atom stereocenters. The molecule has 1 aromatic heterocycles. The average molecular weight is 445 g/mol. The number of nitrogens with zero attached hydrogens (tertiary/aromatic N) is 1. The molecule has 1 aliphatic carbocycles. The monoisotopic (exact) mass is 444 g/mol. The van der Waals surface area contributed by atoms with Crippen LogP contribution in [0.4, 0.5) is 5.82 Å². The standard InChI is InChI=1S/C21H21BrN2O4/c1-11-12(2)21(27)17(6-7-19(11)26)23-20-8-14(10-28-13(3)25)16-5-4-15(22)9-18(16)24-20/h4-5,8-9,17H,6-7,10H2,1-3H3,(H,23,24). The van der Waals surface area contributed by atoms with Crippen molar-refractivity contribution in [2.45, 2.75) is 46.3 Å². The molecule has 0 radical (unpaired) electrons. The Kier molecular flexibility index (Phi) is 5.93. The van der Waals surface area contributed by atoms with Crippen molar-refractivity contribution >= 4 is 50.2 Å². The second-order valence-electron chi connectivity index (χ2n) is 6.88. The summed E-state index contributed by atoms with van der Waals surface area (Å²) in [5.74, 6) is 0.0401. The number of hydrogen-bond donors (Lipinski definition) is 1. The van der Waals surface area contributed by atoms with Crippen molar-refractivity contribution in [3.63, 3.8) is 0 Å². The van der Waals surface area contributed by atoms with Crippen LogP contribution in [0, 0.1) is 0 Å². The fourth-order valence-electron chi connectivity index (χ4n) is 3.21. The number of esters is 1. The van der Waals surface area contributed by atoms with E-state index in [4.69, 9.17) is 4.74 Å². The number of halogens is 1. The third-order valence-electron chi connectivity index (χ3n) is 4.94. The highest BCUT2D eigenvalue weighted by Crippen LogP contribution is 2.27. The topological polar surface area (TPSA) is 85.4 Å². The molecule has 0 bridgehead atoms. The Morgan fingerprint density at radius 1 is 1.25 bits per heavy atom. The number of benzene rings is 1. The fourth-order valence-corrected chi connectivity index (χ4v) is 3.56. The molecule has 6 nitrogen and oxygen atoms in total. The highest BCUT2D eigenvalue weighted by molar-refractivity contribution is 9.10. The molecule has 0 saturated heterocycles. The Hall–Kier alpha value is -2.54. The Morgan fingerprint density at radius 3 is 2.71 bits per heavy atom. The van der Waals surface area contributed by atoms with E-state index in [2.05, 4.69) is 26.2 Å². The Balaban J connectivity index is 1.97. The molecule has 3 rings (SSSR count). The van der Waals surface area contributed by atoms with Gasteiger partial charge < -0.3 is 10.1 Å². The summed E-state index contributed by atoms with van der Waals surface area (Å²) < 4.78 is 6.04. The van der Waals surface area contributed by atoms with E-state index >= 15 is 0 Å². The van der Waals surface area contributed by atoms with Crippen molar-refractivity contribution < 1.29 is 19.1 Å². The van der Waals surface area contributed by atoms with Gasteiger partial charge in [-0.25, -0.2) is 4.98 Å². The molecule has 146 valence electrons. The number of allylic oxidation sites excluding steroid dienone is 1. The number of anilines is 1. The average Bonchev–Trinajstić information content (AvgIpc) is 2.74. The van der Waals surface area contributed by atoms with Gasteiger partial charge in [0.05, 0.1) is 11.6 Å². The van der Waals surface area contributed by atoms with Gasteiger partial charge in [0, 0.05) is 34.3 Å². The van der Waals surface area contributed by atoms with Gasteiger partial charge in [0.15, 0.2) is 11.6 Å². The van der Waals surface area contributed by atoms with Crippen LogP contribution in [0.2, 0.25) is 0 Å². The van der Waals surface area contributed by atoms with Crippen molar-refractivity contribution in [3.05, 3.63) is 45.4 Å². The summed E-state index contributed by atoms with van der Waals surface area (Å²) in [5.41, 5.74) is 2.52. The molecule has 0 aliphatic heterocycles. The highest BCUT2D eigenvalue weighted by atomic mass is 79.9. The van der Waals surface area contributed by atoms with Gasteiger partial charge in [0.2, 0.25) is 0 Å². The first-order chi connectivity index (χ1) is 13.3. The SMILES string of the molecule is CC(=O)OCc1cc(NC2CCC(=O)C(C)=C(C)C2=O)nc2cc(Br)ccc12. The van der Waals surface area contributed by atoms with E-state index in [1.807, 2.05) is 18.2 Å². The molecular formula is C21H21BrN2O4. The second kappa shape index (κ2) is 8.22. The van der Waals surface area contributed by atoms with Crippen molar-refractivity contribution in [3.8, 4) is 0 Å². The summed E-state index contributed by atoms with van der Waals surface area (Å²) >= 11 is 3.44. The number of Topliss-reactive ketones (excluding diaryl/α,β-unsaturated/α-hetero) is 2. The number of rotatable bonds is 4. The lowest BCUT2D eigenvalue weighted by molar-refractivity contribution is -0.142. The zero-order valence-electron chi connectivity index (χ0n) is 16.0. The van der Waals surface area contributed by atoms with Gasteiger partial charge in [-0.05, 0) is 44.0 Å². The van der Waals surface area contributed by atoms with E-state index in [0.29, 0.717) is 35.3 Å². The Bertz CT molecular complexity index is 1010. The molecule has 1 N–H and O–H groups in total. The Morgan fingerprint density at radius 2 is 2.00 bits per heavy atom. The molecule has 28 heavy (non-hydrogen) atoms. The lowest BCUT2D eigenvalue weighted by Crippen LogP contribution is -2.30. The number of carbonyl (C=O) groups excluding carboxylic acids is 3. The first kappa shape index (κ1) is 20.2. The minimum atomic E-state index is -0.528. The van der Waals surface area contributed by atoms with Crippen LogP contribution >= 0.6 is 15.9 Å². The predicted octanol–water partition coefficient (Wildman–Crippen LogP) is 4.11. The quantitative estimate of drug-likeness (QED) is 0.714. The van der Waals surface area contributed by atoms with E-state index in [1.54, 1.807) is 19.9 Å². The Labute approximate surface area is 171 Å². The number of nitrogens with one attached hydrogen (secondary N) is 1. The van der Waals surface area contributed by atoms with Gasteiger partial charge in [0.25, 0.3) is 0 Å². The first-order valence-electron chi connectivity index (χ1n) is 9.00. The van der Waals surface area contributed by atoms with Crippen LogP contribution < -0.4 is 5.32 Å². The van der Waals surface area contributed by atoms with E-state index < -0.39 is 6.04 Å². The number of ether oxygens (including phenoxy) is 1. The highest BCUT2D eigenvalue weighted by Gasteiger charge is 2.27. The first-order valence-corrected chi connectivity index (χ1v) is 9.79. The van der Waals surface area contributed by atoms with E-state index in [0.717, 1.165) is 15.4 Å². The molecule has 2 aromatic rings. The number of ketones is 2. The smallest absolute Gasteiger partial charge is 0.302 e.